The molecule has 1 aliphatic carbocycles. The van der Waals surface area contributed by atoms with Crippen LogP contribution < -0.4 is 10.0 Å². The van der Waals surface area contributed by atoms with E-state index in [4.69, 9.17) is 5.73 Å². The van der Waals surface area contributed by atoms with Gasteiger partial charge in [-0.15, -0.1) is 0 Å². The van der Waals surface area contributed by atoms with Crippen LogP contribution in [0.25, 0.3) is 6.08 Å². The lowest BCUT2D eigenvalue weighted by molar-refractivity contribution is -0.119. The van der Waals surface area contributed by atoms with Gasteiger partial charge in [-0.25, -0.2) is 8.42 Å². The fourth-order valence-electron chi connectivity index (χ4n) is 3.81. The molecule has 1 aliphatic heterocycles. The van der Waals surface area contributed by atoms with E-state index in [0.717, 1.165) is 16.7 Å². The molecule has 1 atom stereocenters. The van der Waals surface area contributed by atoms with Crippen LogP contribution in [-0.2, 0) is 27.7 Å². The van der Waals surface area contributed by atoms with Crippen molar-refractivity contribution in [3.05, 3.63) is 70.1 Å². The molecule has 0 bridgehead atoms. The van der Waals surface area contributed by atoms with Gasteiger partial charge in [-0.2, -0.15) is 0 Å². The topological polar surface area (TPSA) is 80.5 Å². The Kier molecular flexibility index (Phi) is 4.07. The molecule has 2 N–H and O–H groups in total. The first-order valence-electron chi connectivity index (χ1n) is 8.68. The number of nitrogens with two attached hydrogens (primary N) is 1. The summed E-state index contributed by atoms with van der Waals surface area (Å²) in [6, 6.07) is 14.2. The molecule has 2 aromatic carbocycles. The van der Waals surface area contributed by atoms with Crippen LogP contribution in [0.3, 0.4) is 0 Å². The Morgan fingerprint density at radius 1 is 0.962 bits per heavy atom. The third-order valence-corrected chi connectivity index (χ3v) is 7.08. The van der Waals surface area contributed by atoms with E-state index in [0.29, 0.717) is 36.3 Å². The number of allylic oxidation sites excluding steroid dienone is 1. The molecule has 134 valence electrons. The number of benzene rings is 2. The molecule has 1 amide bonds. The van der Waals surface area contributed by atoms with E-state index >= 15 is 0 Å². The van der Waals surface area contributed by atoms with Gasteiger partial charge in [0, 0.05) is 0 Å². The Labute approximate surface area is 153 Å². The largest absolute Gasteiger partial charge is 0.368 e. The van der Waals surface area contributed by atoms with Gasteiger partial charge in [-0.1, -0.05) is 42.5 Å². The first kappa shape index (κ1) is 16.8. The molecule has 26 heavy (non-hydrogen) atoms. The van der Waals surface area contributed by atoms with Crippen molar-refractivity contribution < 1.29 is 13.2 Å². The van der Waals surface area contributed by atoms with Crippen molar-refractivity contribution in [1.82, 2.24) is 0 Å². The minimum Gasteiger partial charge on any atom is -0.368 e. The third-order valence-electron chi connectivity index (χ3n) is 5.13. The molecule has 0 spiro atoms. The average Bonchev–Trinajstić information content (AvgIpc) is 2.66. The van der Waals surface area contributed by atoms with Crippen LogP contribution in [0.15, 0.2) is 53.4 Å². The molecule has 4 rings (SSSR count). The number of para-hydroxylation sites is 1. The molecule has 0 saturated heterocycles. The standard InChI is InChI=1S/C20H20N2O3S/c21-20(23)19-12-10-15-6-3-4-8-18(15)22(19)26(24,25)17-11-9-14-5-1-2-7-16(14)13-17/h1-8,13,19H,9-12H2,(H2,21,23). The van der Waals surface area contributed by atoms with Crippen molar-refractivity contribution in [2.75, 3.05) is 4.31 Å². The SMILES string of the molecule is NC(=O)C1CCc2ccccc2N1S(=O)(=O)C1=Cc2ccccc2CC1. The molecule has 2 aliphatic rings. The van der Waals surface area contributed by atoms with Crippen molar-refractivity contribution in [3.63, 3.8) is 0 Å². The average molecular weight is 368 g/mol. The van der Waals surface area contributed by atoms with Gasteiger partial charge in [0.15, 0.2) is 0 Å². The van der Waals surface area contributed by atoms with E-state index in [9.17, 15) is 13.2 Å². The van der Waals surface area contributed by atoms with Crippen molar-refractivity contribution in [2.24, 2.45) is 5.73 Å². The Bertz CT molecular complexity index is 1010. The molecular formula is C20H20N2O3S. The van der Waals surface area contributed by atoms with Gasteiger partial charge < -0.3 is 5.73 Å². The molecule has 5 nitrogen and oxygen atoms in total. The second-order valence-corrected chi connectivity index (χ2v) is 8.56. The predicted molar refractivity (Wildman–Crippen MR) is 102 cm³/mol. The second kappa shape index (κ2) is 6.29. The van der Waals surface area contributed by atoms with E-state index < -0.39 is 22.0 Å². The maximum Gasteiger partial charge on any atom is 0.261 e. The lowest BCUT2D eigenvalue weighted by atomic mass is 9.97. The predicted octanol–water partition coefficient (Wildman–Crippen LogP) is 2.61. The maximum absolute atomic E-state index is 13.5. The monoisotopic (exact) mass is 368 g/mol. The number of hydrogen-bond acceptors (Lipinski definition) is 3. The van der Waals surface area contributed by atoms with Crippen LogP contribution in [0.2, 0.25) is 0 Å². The van der Waals surface area contributed by atoms with Crippen LogP contribution in [0.5, 0.6) is 0 Å². The summed E-state index contributed by atoms with van der Waals surface area (Å²) >= 11 is 0. The first-order valence-corrected chi connectivity index (χ1v) is 10.1. The van der Waals surface area contributed by atoms with Crippen molar-refractivity contribution in [1.29, 1.82) is 0 Å². The van der Waals surface area contributed by atoms with Crippen LogP contribution in [0.1, 0.15) is 29.5 Å². The highest BCUT2D eigenvalue weighted by Crippen LogP contribution is 2.37. The summed E-state index contributed by atoms with van der Waals surface area (Å²) in [7, 11) is -3.84. The summed E-state index contributed by atoms with van der Waals surface area (Å²) in [4.78, 5) is 12.3. The summed E-state index contributed by atoms with van der Waals surface area (Å²) in [5.74, 6) is -0.611. The molecule has 0 fully saturated rings. The fraction of sp³-hybridized carbons (Fsp3) is 0.250. The number of hydrogen-bond donors (Lipinski definition) is 1. The molecule has 1 unspecified atom stereocenters. The lowest BCUT2D eigenvalue weighted by Gasteiger charge is -2.37. The minimum absolute atomic E-state index is 0.333. The summed E-state index contributed by atoms with van der Waals surface area (Å²) < 4.78 is 28.2. The smallest absolute Gasteiger partial charge is 0.261 e. The Hall–Kier alpha value is -2.60. The summed E-state index contributed by atoms with van der Waals surface area (Å²) in [5.41, 5.74) is 9.08. The maximum atomic E-state index is 13.5. The highest BCUT2D eigenvalue weighted by molar-refractivity contribution is 7.96. The van der Waals surface area contributed by atoms with E-state index in [1.807, 2.05) is 36.4 Å². The molecule has 2 aromatic rings. The second-order valence-electron chi connectivity index (χ2n) is 6.70. The normalized spacial score (nSPS) is 19.3. The van der Waals surface area contributed by atoms with E-state index in [1.165, 1.54) is 4.31 Å². The molecule has 1 heterocycles. The Balaban J connectivity index is 1.84. The zero-order valence-corrected chi connectivity index (χ0v) is 15.1. The van der Waals surface area contributed by atoms with E-state index in [-0.39, 0.29) is 0 Å². The van der Waals surface area contributed by atoms with Crippen molar-refractivity contribution in [2.45, 2.75) is 31.7 Å². The zero-order valence-electron chi connectivity index (χ0n) is 14.3. The van der Waals surface area contributed by atoms with Crippen LogP contribution in [-0.4, -0.2) is 20.4 Å². The molecular weight excluding hydrogens is 348 g/mol. The van der Waals surface area contributed by atoms with Gasteiger partial charge in [-0.3, -0.25) is 9.10 Å². The van der Waals surface area contributed by atoms with Gasteiger partial charge in [-0.05, 0) is 54.5 Å². The van der Waals surface area contributed by atoms with Crippen LogP contribution >= 0.6 is 0 Å². The number of nitrogens with zero attached hydrogens (tertiary/aromatic N) is 1. The number of anilines is 1. The van der Waals surface area contributed by atoms with Gasteiger partial charge >= 0.3 is 0 Å². The minimum atomic E-state index is -3.84. The number of amides is 1. The number of carbonyl (C=O) groups excluding carboxylic acids is 1. The van der Waals surface area contributed by atoms with Gasteiger partial charge in [0.1, 0.15) is 6.04 Å². The number of aryl methyl sites for hydroxylation is 2. The van der Waals surface area contributed by atoms with Crippen molar-refractivity contribution in [3.8, 4) is 0 Å². The highest BCUT2D eigenvalue weighted by Gasteiger charge is 2.40. The Morgan fingerprint density at radius 2 is 1.65 bits per heavy atom. The highest BCUT2D eigenvalue weighted by atomic mass is 32.2. The Morgan fingerprint density at radius 3 is 2.42 bits per heavy atom. The van der Waals surface area contributed by atoms with Crippen LogP contribution in [0, 0.1) is 0 Å². The number of carbonyl (C=O) groups is 1. The van der Waals surface area contributed by atoms with Gasteiger partial charge in [0.2, 0.25) is 5.91 Å². The summed E-state index contributed by atoms with van der Waals surface area (Å²) in [5, 5.41) is 0. The molecule has 0 aromatic heterocycles. The summed E-state index contributed by atoms with van der Waals surface area (Å²) in [6.45, 7) is 0. The number of rotatable bonds is 3. The van der Waals surface area contributed by atoms with Gasteiger partial charge in [0.25, 0.3) is 10.0 Å². The van der Waals surface area contributed by atoms with Crippen LogP contribution in [0.4, 0.5) is 5.69 Å². The third kappa shape index (κ3) is 2.70. The number of primary amides is 1. The molecule has 0 saturated carbocycles. The lowest BCUT2D eigenvalue weighted by Crippen LogP contribution is -2.51. The first-order chi connectivity index (χ1) is 12.5. The number of fused-ring (bicyclic) bond motifs is 2. The zero-order chi connectivity index (χ0) is 18.3. The molecule has 6 heteroatoms. The van der Waals surface area contributed by atoms with E-state index in [2.05, 4.69) is 0 Å². The van der Waals surface area contributed by atoms with E-state index in [1.54, 1.807) is 18.2 Å². The van der Waals surface area contributed by atoms with Crippen molar-refractivity contribution >= 4 is 27.7 Å². The summed E-state index contributed by atoms with van der Waals surface area (Å²) in [6.07, 6.45) is 3.85. The quantitative estimate of drug-likeness (QED) is 0.904. The number of sulfonamides is 1. The van der Waals surface area contributed by atoms with Gasteiger partial charge in [0.05, 0.1) is 10.6 Å². The fourth-order valence-corrected chi connectivity index (χ4v) is 5.68. The molecule has 0 radical (unpaired) electrons.